The average Bonchev–Trinajstić information content (AvgIpc) is 2.88. The average molecular weight is 289 g/mol. The second-order valence-corrected chi connectivity index (χ2v) is 6.41. The third kappa shape index (κ3) is 2.83. The van der Waals surface area contributed by atoms with Crippen molar-refractivity contribution in [3.05, 3.63) is 17.9 Å². The zero-order chi connectivity index (χ0) is 13.2. The monoisotopic (exact) mass is 289 g/mol. The van der Waals surface area contributed by atoms with Crippen LogP contribution in [0.25, 0.3) is 0 Å². The van der Waals surface area contributed by atoms with Crippen molar-refractivity contribution in [1.82, 2.24) is 19.8 Å². The van der Waals surface area contributed by atoms with Gasteiger partial charge in [0.15, 0.2) is 15.2 Å². The molecule has 0 aromatic carbocycles. The highest BCUT2D eigenvalue weighted by Crippen LogP contribution is 2.24. The normalized spacial score (nSPS) is 11.8. The molecule has 0 radical (unpaired) electrons. The molecule has 0 unspecified atom stereocenters. The lowest BCUT2D eigenvalue weighted by Gasteiger charge is -2.03. The number of nitrogens with one attached hydrogen (secondary N) is 1. The van der Waals surface area contributed by atoms with E-state index in [0.717, 1.165) is 11.3 Å². The Kier molecular flexibility index (Phi) is 3.59. The molecular weight excluding hydrogens is 278 g/mol. The molecule has 2 heterocycles. The van der Waals surface area contributed by atoms with Crippen molar-refractivity contribution in [3.8, 4) is 0 Å². The second-order valence-electron chi connectivity index (χ2n) is 3.42. The minimum absolute atomic E-state index is 0.133. The van der Waals surface area contributed by atoms with Crippen LogP contribution < -0.4 is 10.5 Å². The maximum Gasteiger partial charge on any atom is 0.252 e. The van der Waals surface area contributed by atoms with Crippen LogP contribution in [0.1, 0.15) is 11.5 Å². The molecule has 0 bridgehead atoms. The number of sulfonamides is 1. The highest BCUT2D eigenvalue weighted by molar-refractivity contribution is 7.91. The maximum atomic E-state index is 11.9. The van der Waals surface area contributed by atoms with E-state index in [4.69, 9.17) is 5.73 Å². The lowest BCUT2D eigenvalue weighted by molar-refractivity contribution is 0.410. The van der Waals surface area contributed by atoms with E-state index in [-0.39, 0.29) is 15.9 Å². The molecule has 0 aliphatic heterocycles. The van der Waals surface area contributed by atoms with Crippen molar-refractivity contribution in [2.75, 3.05) is 12.3 Å². The lowest BCUT2D eigenvalue weighted by Crippen LogP contribution is -2.26. The maximum absolute atomic E-state index is 11.9. The molecular formula is C8H11N5O3S2. The van der Waals surface area contributed by atoms with Crippen LogP contribution in [0, 0.1) is 6.92 Å². The molecule has 0 saturated heterocycles. The summed E-state index contributed by atoms with van der Waals surface area (Å²) in [6.07, 6.45) is 1.54. The fourth-order valence-electron chi connectivity index (χ4n) is 1.32. The lowest BCUT2D eigenvalue weighted by atomic mass is 10.4. The molecule has 0 saturated carbocycles. The molecule has 2 rings (SSSR count). The zero-order valence-electron chi connectivity index (χ0n) is 9.45. The standard InChI is InChI=1S/C8H11N5O3S2/c1-5-7(17-8(9)12-5)18(14,15)11-3-2-6-10-4-16-13-6/h4,11H,2-3H2,1H3,(H2,9,12). The first-order valence-electron chi connectivity index (χ1n) is 4.97. The van der Waals surface area contributed by atoms with Crippen molar-refractivity contribution in [2.24, 2.45) is 0 Å². The van der Waals surface area contributed by atoms with E-state index in [1.807, 2.05) is 0 Å². The molecule has 2 aromatic heterocycles. The van der Waals surface area contributed by atoms with Crippen LogP contribution in [0.5, 0.6) is 0 Å². The van der Waals surface area contributed by atoms with Gasteiger partial charge in [-0.25, -0.2) is 18.1 Å². The fraction of sp³-hybridized carbons (Fsp3) is 0.375. The van der Waals surface area contributed by atoms with E-state index < -0.39 is 10.0 Å². The molecule has 2 aromatic rings. The highest BCUT2D eigenvalue weighted by atomic mass is 32.2. The molecule has 0 fully saturated rings. The Bertz CT molecular complexity index is 619. The van der Waals surface area contributed by atoms with Gasteiger partial charge in [0.2, 0.25) is 6.39 Å². The Labute approximate surface area is 107 Å². The Hall–Kier alpha value is -1.52. The summed E-state index contributed by atoms with van der Waals surface area (Å²) in [4.78, 5) is 7.66. The van der Waals surface area contributed by atoms with Crippen LogP contribution in [-0.2, 0) is 16.4 Å². The molecule has 0 atom stereocenters. The Morgan fingerprint density at radius 2 is 2.33 bits per heavy atom. The number of aryl methyl sites for hydroxylation is 1. The van der Waals surface area contributed by atoms with Gasteiger partial charge in [-0.3, -0.25) is 0 Å². The smallest absolute Gasteiger partial charge is 0.252 e. The molecule has 8 nitrogen and oxygen atoms in total. The van der Waals surface area contributed by atoms with Crippen LogP contribution >= 0.6 is 11.3 Å². The van der Waals surface area contributed by atoms with E-state index in [2.05, 4.69) is 24.4 Å². The Morgan fingerprint density at radius 1 is 1.56 bits per heavy atom. The SMILES string of the molecule is Cc1nc(N)sc1S(=O)(=O)NCCc1ncon1. The van der Waals surface area contributed by atoms with Crippen molar-refractivity contribution < 1.29 is 12.9 Å². The van der Waals surface area contributed by atoms with Gasteiger partial charge in [0, 0.05) is 13.0 Å². The van der Waals surface area contributed by atoms with Gasteiger partial charge in [-0.15, -0.1) is 0 Å². The summed E-state index contributed by atoms with van der Waals surface area (Å²) >= 11 is 0.936. The Balaban J connectivity index is 2.02. The van der Waals surface area contributed by atoms with Crippen molar-refractivity contribution in [2.45, 2.75) is 17.6 Å². The number of rotatable bonds is 5. The molecule has 0 aliphatic rings. The highest BCUT2D eigenvalue weighted by Gasteiger charge is 2.20. The van der Waals surface area contributed by atoms with Gasteiger partial charge in [0.1, 0.15) is 0 Å². The zero-order valence-corrected chi connectivity index (χ0v) is 11.1. The van der Waals surface area contributed by atoms with Crippen LogP contribution in [0.3, 0.4) is 0 Å². The van der Waals surface area contributed by atoms with Crippen molar-refractivity contribution >= 4 is 26.5 Å². The number of anilines is 1. The van der Waals surface area contributed by atoms with Crippen LogP contribution in [0.2, 0.25) is 0 Å². The number of aromatic nitrogens is 3. The molecule has 10 heteroatoms. The molecule has 0 spiro atoms. The van der Waals surface area contributed by atoms with Gasteiger partial charge in [0.25, 0.3) is 10.0 Å². The summed E-state index contributed by atoms with van der Waals surface area (Å²) in [5.74, 6) is 0.443. The van der Waals surface area contributed by atoms with E-state index in [9.17, 15) is 8.42 Å². The van der Waals surface area contributed by atoms with Crippen molar-refractivity contribution in [1.29, 1.82) is 0 Å². The van der Waals surface area contributed by atoms with Crippen LogP contribution in [-0.4, -0.2) is 30.1 Å². The molecule has 0 aliphatic carbocycles. The summed E-state index contributed by atoms with van der Waals surface area (Å²) in [7, 11) is -3.58. The summed E-state index contributed by atoms with van der Waals surface area (Å²) in [5, 5.41) is 3.81. The van der Waals surface area contributed by atoms with E-state index >= 15 is 0 Å². The van der Waals surface area contributed by atoms with Gasteiger partial charge < -0.3 is 10.3 Å². The number of hydrogen-bond acceptors (Lipinski definition) is 8. The number of nitrogens with two attached hydrogens (primary N) is 1. The number of hydrogen-bond donors (Lipinski definition) is 2. The van der Waals surface area contributed by atoms with Gasteiger partial charge in [-0.1, -0.05) is 16.5 Å². The predicted molar refractivity (Wildman–Crippen MR) is 64.5 cm³/mol. The van der Waals surface area contributed by atoms with Crippen LogP contribution in [0.4, 0.5) is 5.13 Å². The second kappa shape index (κ2) is 5.00. The first-order chi connectivity index (χ1) is 8.49. The van der Waals surface area contributed by atoms with Gasteiger partial charge in [-0.2, -0.15) is 4.98 Å². The Morgan fingerprint density at radius 3 is 2.89 bits per heavy atom. The largest absolute Gasteiger partial charge is 0.375 e. The summed E-state index contributed by atoms with van der Waals surface area (Å²) in [6, 6.07) is 0. The topological polar surface area (TPSA) is 124 Å². The number of nitrogen functional groups attached to an aromatic ring is 1. The number of thiazole rings is 1. The van der Waals surface area contributed by atoms with Crippen molar-refractivity contribution in [3.63, 3.8) is 0 Å². The quantitative estimate of drug-likeness (QED) is 0.789. The van der Waals surface area contributed by atoms with E-state index in [0.29, 0.717) is 17.9 Å². The minimum atomic E-state index is -3.58. The first kappa shape index (κ1) is 12.9. The molecule has 0 amide bonds. The fourth-order valence-corrected chi connectivity index (χ4v) is 3.69. The third-order valence-electron chi connectivity index (χ3n) is 2.06. The van der Waals surface area contributed by atoms with E-state index in [1.165, 1.54) is 6.39 Å². The molecule has 98 valence electrons. The van der Waals surface area contributed by atoms with E-state index in [1.54, 1.807) is 6.92 Å². The number of nitrogens with zero attached hydrogens (tertiary/aromatic N) is 3. The summed E-state index contributed by atoms with van der Waals surface area (Å²) < 4.78 is 31.0. The summed E-state index contributed by atoms with van der Waals surface area (Å²) in [6.45, 7) is 1.78. The van der Waals surface area contributed by atoms with Gasteiger partial charge >= 0.3 is 0 Å². The first-order valence-corrected chi connectivity index (χ1v) is 7.27. The summed E-state index contributed by atoms with van der Waals surface area (Å²) in [5.41, 5.74) is 5.86. The van der Waals surface area contributed by atoms with Gasteiger partial charge in [-0.05, 0) is 6.92 Å². The predicted octanol–water partition coefficient (Wildman–Crippen LogP) is -0.0623. The van der Waals surface area contributed by atoms with Crippen LogP contribution in [0.15, 0.2) is 15.1 Å². The van der Waals surface area contributed by atoms with Gasteiger partial charge in [0.05, 0.1) is 5.69 Å². The third-order valence-corrected chi connectivity index (χ3v) is 5.12. The minimum Gasteiger partial charge on any atom is -0.375 e. The molecule has 18 heavy (non-hydrogen) atoms. The molecule has 3 N–H and O–H groups in total.